The molecule has 63 heavy (non-hydrogen) atoms. The molecule has 0 aliphatic carbocycles. The molecule has 0 aliphatic heterocycles. The number of ether oxygens (including phenoxy) is 1. The maximum absolute atomic E-state index is 12.4. The van der Waals surface area contributed by atoms with Crippen molar-refractivity contribution in [3.8, 4) is 0 Å². The molecule has 0 spiro atoms. The summed E-state index contributed by atoms with van der Waals surface area (Å²) in [6.45, 7) is 4.89. The Balaban J connectivity index is 3.45. The van der Waals surface area contributed by atoms with Crippen LogP contribution in [-0.4, -0.2) is 47.4 Å². The van der Waals surface area contributed by atoms with Crippen LogP contribution in [0.1, 0.15) is 303 Å². The number of aliphatic hydroxyl groups is 2. The van der Waals surface area contributed by atoms with Gasteiger partial charge in [0.05, 0.1) is 25.4 Å². The fraction of sp³-hybridized carbons (Fsp3) is 0.895. The summed E-state index contributed by atoms with van der Waals surface area (Å²) in [4.78, 5) is 24.5. The van der Waals surface area contributed by atoms with Gasteiger partial charge in [-0.2, -0.15) is 0 Å². The van der Waals surface area contributed by atoms with Crippen molar-refractivity contribution in [2.45, 2.75) is 315 Å². The molecule has 372 valence electrons. The van der Waals surface area contributed by atoms with E-state index in [1.165, 1.54) is 231 Å². The van der Waals surface area contributed by atoms with Gasteiger partial charge in [0, 0.05) is 12.8 Å². The Kier molecular flexibility index (Phi) is 51.6. The number of aliphatic hydroxyl groups excluding tert-OH is 2. The van der Waals surface area contributed by atoms with Crippen LogP contribution in [0.15, 0.2) is 24.3 Å². The molecule has 0 bridgehead atoms. The highest BCUT2D eigenvalue weighted by Gasteiger charge is 2.18. The Morgan fingerprint density at radius 1 is 0.429 bits per heavy atom. The van der Waals surface area contributed by atoms with Crippen molar-refractivity contribution in [3.63, 3.8) is 0 Å². The van der Waals surface area contributed by atoms with Crippen LogP contribution >= 0.6 is 0 Å². The summed E-state index contributed by atoms with van der Waals surface area (Å²) in [5.74, 6) is -0.0797. The lowest BCUT2D eigenvalue weighted by Gasteiger charge is -2.20. The first-order valence-electron chi connectivity index (χ1n) is 28.1. The Labute approximate surface area is 392 Å². The number of hydrogen-bond acceptors (Lipinski definition) is 5. The summed E-state index contributed by atoms with van der Waals surface area (Å²) in [6.07, 6.45) is 63.3. The second-order valence-corrected chi connectivity index (χ2v) is 19.3. The normalized spacial score (nSPS) is 12.8. The smallest absolute Gasteiger partial charge is 0.305 e. The number of rotatable bonds is 52. The minimum atomic E-state index is -0.848. The zero-order valence-electron chi connectivity index (χ0n) is 42.3. The first-order chi connectivity index (χ1) is 31.0. The summed E-state index contributed by atoms with van der Waals surface area (Å²) in [5.41, 5.74) is 0. The molecule has 1 amide bonds. The Hall–Kier alpha value is -1.66. The van der Waals surface area contributed by atoms with Crippen molar-refractivity contribution in [1.82, 2.24) is 5.32 Å². The van der Waals surface area contributed by atoms with Crippen molar-refractivity contribution in [2.24, 2.45) is 0 Å². The van der Waals surface area contributed by atoms with E-state index in [9.17, 15) is 19.8 Å². The summed E-state index contributed by atoms with van der Waals surface area (Å²) >= 11 is 0. The molecule has 2 atom stereocenters. The van der Waals surface area contributed by atoms with Crippen LogP contribution in [0.2, 0.25) is 0 Å². The molecular formula is C57H109NO5. The van der Waals surface area contributed by atoms with E-state index in [0.29, 0.717) is 19.4 Å². The molecular weight excluding hydrogens is 779 g/mol. The summed E-state index contributed by atoms with van der Waals surface area (Å²) in [7, 11) is 0. The predicted octanol–water partition coefficient (Wildman–Crippen LogP) is 17.1. The molecule has 2 unspecified atom stereocenters. The first-order valence-corrected chi connectivity index (χ1v) is 28.1. The molecule has 6 heteroatoms. The number of carbonyl (C=O) groups is 2. The van der Waals surface area contributed by atoms with E-state index in [0.717, 1.165) is 44.9 Å². The number of unbranched alkanes of at least 4 members (excludes halogenated alkanes) is 39. The van der Waals surface area contributed by atoms with E-state index in [2.05, 4.69) is 31.3 Å². The van der Waals surface area contributed by atoms with Gasteiger partial charge in [-0.1, -0.05) is 256 Å². The highest BCUT2D eigenvalue weighted by molar-refractivity contribution is 5.76. The van der Waals surface area contributed by atoms with Crippen LogP contribution in [-0.2, 0) is 14.3 Å². The Morgan fingerprint density at radius 2 is 0.746 bits per heavy atom. The van der Waals surface area contributed by atoms with E-state index in [1.807, 2.05) is 6.08 Å². The maximum atomic E-state index is 12.4. The lowest BCUT2D eigenvalue weighted by Crippen LogP contribution is -2.45. The number of nitrogens with one attached hydrogen (secondary N) is 1. The molecule has 0 radical (unpaired) electrons. The molecule has 0 saturated heterocycles. The van der Waals surface area contributed by atoms with Gasteiger partial charge in [-0.3, -0.25) is 9.59 Å². The van der Waals surface area contributed by atoms with E-state index < -0.39 is 12.1 Å². The number of carbonyl (C=O) groups excluding carboxylic acids is 2. The van der Waals surface area contributed by atoms with Gasteiger partial charge in [0.25, 0.3) is 0 Å². The van der Waals surface area contributed by atoms with Crippen LogP contribution in [0.25, 0.3) is 0 Å². The lowest BCUT2D eigenvalue weighted by atomic mass is 10.0. The molecule has 0 heterocycles. The van der Waals surface area contributed by atoms with E-state index in [-0.39, 0.29) is 18.5 Å². The van der Waals surface area contributed by atoms with Gasteiger partial charge in [-0.05, 0) is 57.8 Å². The van der Waals surface area contributed by atoms with Gasteiger partial charge in [0.1, 0.15) is 0 Å². The molecule has 0 aromatic heterocycles. The fourth-order valence-electron chi connectivity index (χ4n) is 8.63. The average Bonchev–Trinajstić information content (AvgIpc) is 3.28. The number of allylic oxidation sites excluding steroid dienone is 3. The van der Waals surface area contributed by atoms with Gasteiger partial charge in [0.2, 0.25) is 5.91 Å². The zero-order chi connectivity index (χ0) is 45.8. The monoisotopic (exact) mass is 888 g/mol. The van der Waals surface area contributed by atoms with Crippen molar-refractivity contribution >= 4 is 11.9 Å². The van der Waals surface area contributed by atoms with E-state index in [4.69, 9.17) is 4.74 Å². The van der Waals surface area contributed by atoms with Gasteiger partial charge in [-0.15, -0.1) is 0 Å². The molecule has 0 aromatic carbocycles. The largest absolute Gasteiger partial charge is 0.466 e. The molecule has 0 aromatic rings. The van der Waals surface area contributed by atoms with Crippen LogP contribution in [0.3, 0.4) is 0 Å². The minimum Gasteiger partial charge on any atom is -0.466 e. The summed E-state index contributed by atoms with van der Waals surface area (Å²) in [6, 6.07) is -0.633. The number of esters is 1. The second kappa shape index (κ2) is 53.0. The molecule has 0 fully saturated rings. The van der Waals surface area contributed by atoms with Gasteiger partial charge in [0.15, 0.2) is 0 Å². The average molecular weight is 889 g/mol. The van der Waals surface area contributed by atoms with Crippen LogP contribution < -0.4 is 5.32 Å². The standard InChI is InChI=1S/C57H109NO5/c1-3-5-7-9-11-13-15-17-21-25-29-33-37-41-45-49-55(60)54(53-59)58-56(61)50-46-42-38-34-30-26-23-19-20-24-28-32-36-40-44-48-52-63-57(62)51-47-43-39-35-31-27-22-18-16-14-12-10-8-6-4-2/h18,22,45,49,54-55,59-60H,3-17,19-21,23-44,46-48,50-53H2,1-2H3,(H,58,61)/b22-18-,49-45+. The summed E-state index contributed by atoms with van der Waals surface area (Å²) < 4.78 is 5.47. The highest BCUT2D eigenvalue weighted by Crippen LogP contribution is 2.16. The van der Waals surface area contributed by atoms with E-state index >= 15 is 0 Å². The molecule has 0 aliphatic rings. The molecule has 6 nitrogen and oxygen atoms in total. The van der Waals surface area contributed by atoms with Gasteiger partial charge in [-0.25, -0.2) is 0 Å². The highest BCUT2D eigenvalue weighted by atomic mass is 16.5. The Bertz CT molecular complexity index is 982. The topological polar surface area (TPSA) is 95.9 Å². The molecule has 0 rings (SSSR count). The summed E-state index contributed by atoms with van der Waals surface area (Å²) in [5, 5.41) is 23.1. The van der Waals surface area contributed by atoms with Crippen molar-refractivity contribution in [1.29, 1.82) is 0 Å². The second-order valence-electron chi connectivity index (χ2n) is 19.3. The Morgan fingerprint density at radius 3 is 1.13 bits per heavy atom. The predicted molar refractivity (Wildman–Crippen MR) is 273 cm³/mol. The third-order valence-corrected chi connectivity index (χ3v) is 13.0. The fourth-order valence-corrected chi connectivity index (χ4v) is 8.63. The van der Waals surface area contributed by atoms with Crippen molar-refractivity contribution in [3.05, 3.63) is 24.3 Å². The molecule has 0 saturated carbocycles. The van der Waals surface area contributed by atoms with E-state index in [1.54, 1.807) is 6.08 Å². The minimum absolute atomic E-state index is 0.00570. The van der Waals surface area contributed by atoms with Crippen LogP contribution in [0.4, 0.5) is 0 Å². The van der Waals surface area contributed by atoms with Crippen LogP contribution in [0, 0.1) is 0 Å². The first kappa shape index (κ1) is 61.3. The van der Waals surface area contributed by atoms with Crippen molar-refractivity contribution in [2.75, 3.05) is 13.2 Å². The van der Waals surface area contributed by atoms with Gasteiger partial charge >= 0.3 is 5.97 Å². The number of amides is 1. The SMILES string of the molecule is CCCCCCCC/C=C\CCCCCCCC(=O)OCCCCCCCCCCCCCCCCCCC(=O)NC(CO)C(O)/C=C/CCCCCCCCCCCCCCC. The zero-order valence-corrected chi connectivity index (χ0v) is 42.3. The quantitative estimate of drug-likeness (QED) is 0.0321. The van der Waals surface area contributed by atoms with Gasteiger partial charge < -0.3 is 20.3 Å². The molecule has 3 N–H and O–H groups in total. The maximum Gasteiger partial charge on any atom is 0.305 e. The third kappa shape index (κ3) is 49.6. The van der Waals surface area contributed by atoms with Crippen LogP contribution in [0.5, 0.6) is 0 Å². The lowest BCUT2D eigenvalue weighted by molar-refractivity contribution is -0.143. The third-order valence-electron chi connectivity index (χ3n) is 13.0. The van der Waals surface area contributed by atoms with Crippen molar-refractivity contribution < 1.29 is 24.5 Å². The number of hydrogen-bond donors (Lipinski definition) is 3.